The lowest BCUT2D eigenvalue weighted by Gasteiger charge is -2.08. The van der Waals surface area contributed by atoms with Crippen molar-refractivity contribution in [2.75, 3.05) is 25.1 Å². The predicted molar refractivity (Wildman–Crippen MR) is 47.3 cm³/mol. The minimum atomic E-state index is -0.591. The van der Waals surface area contributed by atoms with E-state index in [-0.39, 0.29) is 12.5 Å². The van der Waals surface area contributed by atoms with Crippen molar-refractivity contribution in [3.05, 3.63) is 5.89 Å². The quantitative estimate of drug-likeness (QED) is 0.660. The van der Waals surface area contributed by atoms with Crippen LogP contribution in [0.5, 0.6) is 0 Å². The maximum atomic E-state index is 8.73. The standard InChI is InChI=1S/C7H14N4O2/c1-3-11(2)7-9-6(13-10-7)5(8)4-12/h5,12H,3-4,8H2,1-2H3/t5-/m0/s1. The Kier molecular flexibility index (Phi) is 3.21. The van der Waals surface area contributed by atoms with Gasteiger partial charge in [0.2, 0.25) is 5.89 Å². The molecule has 0 aliphatic heterocycles. The van der Waals surface area contributed by atoms with Crippen LogP contribution in [0, 0.1) is 0 Å². The molecule has 0 saturated heterocycles. The Morgan fingerprint density at radius 3 is 2.92 bits per heavy atom. The largest absolute Gasteiger partial charge is 0.394 e. The van der Waals surface area contributed by atoms with E-state index in [9.17, 15) is 0 Å². The molecular weight excluding hydrogens is 172 g/mol. The minimum absolute atomic E-state index is 0.197. The molecule has 1 rings (SSSR count). The molecule has 0 saturated carbocycles. The molecule has 0 aromatic carbocycles. The molecule has 74 valence electrons. The number of hydrogen-bond acceptors (Lipinski definition) is 6. The van der Waals surface area contributed by atoms with Crippen molar-refractivity contribution >= 4 is 5.95 Å². The molecule has 3 N–H and O–H groups in total. The van der Waals surface area contributed by atoms with E-state index in [2.05, 4.69) is 10.1 Å². The molecule has 0 unspecified atom stereocenters. The number of hydrogen-bond donors (Lipinski definition) is 2. The van der Waals surface area contributed by atoms with Crippen LogP contribution in [0.25, 0.3) is 0 Å². The summed E-state index contributed by atoms with van der Waals surface area (Å²) in [4.78, 5) is 5.83. The van der Waals surface area contributed by atoms with E-state index in [1.807, 2.05) is 18.9 Å². The molecule has 6 heteroatoms. The number of rotatable bonds is 4. The molecule has 13 heavy (non-hydrogen) atoms. The molecule has 0 amide bonds. The molecule has 1 aromatic heterocycles. The van der Waals surface area contributed by atoms with Gasteiger partial charge in [-0.15, -0.1) is 0 Å². The Balaban J connectivity index is 2.74. The van der Waals surface area contributed by atoms with Crippen LogP contribution in [-0.4, -0.2) is 35.4 Å². The molecule has 0 aliphatic rings. The zero-order valence-electron chi connectivity index (χ0n) is 7.77. The van der Waals surface area contributed by atoms with E-state index in [0.29, 0.717) is 5.95 Å². The summed E-state index contributed by atoms with van der Waals surface area (Å²) < 4.78 is 4.85. The third-order valence-electron chi connectivity index (χ3n) is 1.76. The summed E-state index contributed by atoms with van der Waals surface area (Å²) in [6, 6.07) is -0.591. The Hall–Kier alpha value is -1.14. The summed E-state index contributed by atoms with van der Waals surface area (Å²) in [5.74, 6) is 0.749. The van der Waals surface area contributed by atoms with E-state index in [1.54, 1.807) is 0 Å². The Morgan fingerprint density at radius 1 is 1.69 bits per heavy atom. The maximum absolute atomic E-state index is 8.73. The van der Waals surface area contributed by atoms with Crippen molar-refractivity contribution in [3.8, 4) is 0 Å². The topological polar surface area (TPSA) is 88.4 Å². The average molecular weight is 186 g/mol. The highest BCUT2D eigenvalue weighted by atomic mass is 16.5. The van der Waals surface area contributed by atoms with E-state index < -0.39 is 6.04 Å². The highest BCUT2D eigenvalue weighted by Crippen LogP contribution is 2.11. The van der Waals surface area contributed by atoms with Gasteiger partial charge in [-0.3, -0.25) is 0 Å². The van der Waals surface area contributed by atoms with Crippen LogP contribution in [0.15, 0.2) is 4.52 Å². The van der Waals surface area contributed by atoms with Gasteiger partial charge in [0.1, 0.15) is 6.04 Å². The second-order valence-electron chi connectivity index (χ2n) is 2.74. The van der Waals surface area contributed by atoms with Gasteiger partial charge in [-0.05, 0) is 12.1 Å². The number of aliphatic hydroxyl groups excluding tert-OH is 1. The van der Waals surface area contributed by atoms with E-state index >= 15 is 0 Å². The summed E-state index contributed by atoms with van der Waals surface area (Å²) >= 11 is 0. The lowest BCUT2D eigenvalue weighted by atomic mass is 10.3. The van der Waals surface area contributed by atoms with Crippen molar-refractivity contribution in [2.24, 2.45) is 5.73 Å². The number of aliphatic hydroxyl groups is 1. The zero-order valence-corrected chi connectivity index (χ0v) is 7.77. The molecule has 6 nitrogen and oxygen atoms in total. The monoisotopic (exact) mass is 186 g/mol. The number of nitrogens with zero attached hydrogens (tertiary/aromatic N) is 3. The fourth-order valence-electron chi connectivity index (χ4n) is 0.752. The SMILES string of the molecule is CCN(C)c1noc([C@@H](N)CO)n1. The van der Waals surface area contributed by atoms with Crippen LogP contribution in [-0.2, 0) is 0 Å². The number of anilines is 1. The Morgan fingerprint density at radius 2 is 2.38 bits per heavy atom. The average Bonchev–Trinajstić information content (AvgIpc) is 2.64. The summed E-state index contributed by atoms with van der Waals surface area (Å²) in [5, 5.41) is 12.4. The van der Waals surface area contributed by atoms with Crippen molar-refractivity contribution in [1.29, 1.82) is 0 Å². The van der Waals surface area contributed by atoms with Crippen LogP contribution >= 0.6 is 0 Å². The smallest absolute Gasteiger partial charge is 0.265 e. The number of aromatic nitrogens is 2. The van der Waals surface area contributed by atoms with Crippen molar-refractivity contribution in [2.45, 2.75) is 13.0 Å². The fourth-order valence-corrected chi connectivity index (χ4v) is 0.752. The van der Waals surface area contributed by atoms with Gasteiger partial charge in [0.25, 0.3) is 5.95 Å². The first-order chi connectivity index (χ1) is 6.19. The van der Waals surface area contributed by atoms with Crippen molar-refractivity contribution in [1.82, 2.24) is 10.1 Å². The molecule has 0 aliphatic carbocycles. The zero-order chi connectivity index (χ0) is 9.84. The minimum Gasteiger partial charge on any atom is -0.394 e. The maximum Gasteiger partial charge on any atom is 0.265 e. The first kappa shape index (κ1) is 9.94. The Bertz CT molecular complexity index is 238. The molecule has 0 bridgehead atoms. The molecule has 0 fully saturated rings. The van der Waals surface area contributed by atoms with E-state index in [1.165, 1.54) is 0 Å². The van der Waals surface area contributed by atoms with Crippen molar-refractivity contribution < 1.29 is 9.63 Å². The van der Waals surface area contributed by atoms with Gasteiger partial charge in [-0.2, -0.15) is 4.98 Å². The van der Waals surface area contributed by atoms with E-state index in [0.717, 1.165) is 6.54 Å². The summed E-state index contributed by atoms with van der Waals surface area (Å²) in [5.41, 5.74) is 5.48. The highest BCUT2D eigenvalue weighted by molar-refractivity contribution is 5.25. The summed E-state index contributed by atoms with van der Waals surface area (Å²) in [6.45, 7) is 2.56. The van der Waals surface area contributed by atoms with Crippen molar-refractivity contribution in [3.63, 3.8) is 0 Å². The lowest BCUT2D eigenvalue weighted by Crippen LogP contribution is -2.18. The molecule has 0 radical (unpaired) electrons. The van der Waals surface area contributed by atoms with Crippen LogP contribution in [0.2, 0.25) is 0 Å². The first-order valence-electron chi connectivity index (χ1n) is 4.10. The molecule has 1 aromatic rings. The third kappa shape index (κ3) is 2.16. The van der Waals surface area contributed by atoms with E-state index in [4.69, 9.17) is 15.4 Å². The molecule has 0 spiro atoms. The van der Waals surface area contributed by atoms with Gasteiger partial charge in [0, 0.05) is 13.6 Å². The van der Waals surface area contributed by atoms with Gasteiger partial charge in [0.05, 0.1) is 6.61 Å². The lowest BCUT2D eigenvalue weighted by molar-refractivity contribution is 0.237. The molecular formula is C7H14N4O2. The van der Waals surface area contributed by atoms with Gasteiger partial charge in [0.15, 0.2) is 0 Å². The summed E-state index contributed by atoms with van der Waals surface area (Å²) in [6.07, 6.45) is 0. The second kappa shape index (κ2) is 4.20. The normalized spacial score (nSPS) is 12.9. The van der Waals surface area contributed by atoms with Crippen LogP contribution in [0.3, 0.4) is 0 Å². The first-order valence-corrected chi connectivity index (χ1v) is 4.10. The molecule has 1 heterocycles. The van der Waals surface area contributed by atoms with Crippen LogP contribution < -0.4 is 10.6 Å². The van der Waals surface area contributed by atoms with Gasteiger partial charge < -0.3 is 20.3 Å². The summed E-state index contributed by atoms with van der Waals surface area (Å²) in [7, 11) is 1.85. The number of nitrogens with two attached hydrogens (primary N) is 1. The Labute approximate surface area is 76.3 Å². The van der Waals surface area contributed by atoms with Crippen LogP contribution in [0.1, 0.15) is 18.9 Å². The highest BCUT2D eigenvalue weighted by Gasteiger charge is 2.14. The van der Waals surface area contributed by atoms with Gasteiger partial charge >= 0.3 is 0 Å². The predicted octanol–water partition coefficient (Wildman–Crippen LogP) is -0.482. The van der Waals surface area contributed by atoms with Crippen LogP contribution in [0.4, 0.5) is 5.95 Å². The van der Waals surface area contributed by atoms with Gasteiger partial charge in [-0.25, -0.2) is 0 Å². The molecule has 1 atom stereocenters. The second-order valence-corrected chi connectivity index (χ2v) is 2.74. The van der Waals surface area contributed by atoms with Gasteiger partial charge in [-0.1, -0.05) is 0 Å². The third-order valence-corrected chi connectivity index (χ3v) is 1.76. The fraction of sp³-hybridized carbons (Fsp3) is 0.714.